The van der Waals surface area contributed by atoms with Crippen LogP contribution in [-0.2, 0) is 10.0 Å². The van der Waals surface area contributed by atoms with Gasteiger partial charge in [-0.25, -0.2) is 23.1 Å². The molecule has 2 heterocycles. The molecule has 0 saturated carbocycles. The fourth-order valence-electron chi connectivity index (χ4n) is 2.88. The molecule has 1 atom stereocenters. The first kappa shape index (κ1) is 20.8. The van der Waals surface area contributed by atoms with Crippen molar-refractivity contribution >= 4 is 39.0 Å². The highest BCUT2D eigenvalue weighted by Gasteiger charge is 2.17. The van der Waals surface area contributed by atoms with Crippen molar-refractivity contribution in [2.45, 2.75) is 17.9 Å². The molecule has 31 heavy (non-hydrogen) atoms. The van der Waals surface area contributed by atoms with E-state index in [1.54, 1.807) is 18.2 Å². The summed E-state index contributed by atoms with van der Waals surface area (Å²) in [6.45, 7) is 2.19. The van der Waals surface area contributed by atoms with Gasteiger partial charge in [0.2, 0.25) is 12.7 Å². The van der Waals surface area contributed by atoms with Crippen LogP contribution in [0.25, 0.3) is 0 Å². The molecule has 0 bridgehead atoms. The van der Waals surface area contributed by atoms with Crippen LogP contribution in [0.15, 0.2) is 65.8 Å². The van der Waals surface area contributed by atoms with Gasteiger partial charge in [0.05, 0.1) is 10.9 Å². The second-order valence-electron chi connectivity index (χ2n) is 6.64. The summed E-state index contributed by atoms with van der Waals surface area (Å²) in [4.78, 5) is 7.81. The molecule has 9 nitrogen and oxygen atoms in total. The summed E-state index contributed by atoms with van der Waals surface area (Å²) in [5.41, 5.74) is 1.63. The molecule has 3 aromatic rings. The molecule has 160 valence electrons. The van der Waals surface area contributed by atoms with Crippen LogP contribution in [0.3, 0.4) is 0 Å². The van der Waals surface area contributed by atoms with Gasteiger partial charge in [-0.05, 0) is 67.2 Å². The van der Waals surface area contributed by atoms with Crippen LogP contribution in [-0.4, -0.2) is 30.3 Å². The van der Waals surface area contributed by atoms with E-state index in [-0.39, 0.29) is 23.7 Å². The van der Waals surface area contributed by atoms with Gasteiger partial charge in [-0.15, -0.1) is 0 Å². The maximum absolute atomic E-state index is 12.4. The average Bonchev–Trinajstić information content (AvgIpc) is 3.22. The third-order valence-corrected chi connectivity index (χ3v) is 6.02. The van der Waals surface area contributed by atoms with Gasteiger partial charge < -0.3 is 20.1 Å². The largest absolute Gasteiger partial charge is 0.454 e. The van der Waals surface area contributed by atoms with E-state index >= 15 is 0 Å². The highest BCUT2D eigenvalue weighted by atomic mass is 32.2. The minimum absolute atomic E-state index is 0.00702. The Hall–Kier alpha value is -3.44. The Kier molecular flexibility index (Phi) is 5.87. The standard InChI is InChI=1S/C20H19N5O4S2/c1-13(14-3-8-17-18(11-14)29-12-28-17)23-20(30)24-15-4-6-16(7-5-15)31(26,27)25-19-21-9-2-10-22-19/h2-11,13H,12H2,1H3,(H,21,22,25)(H2,23,24,30)/t13-/m1/s1. The summed E-state index contributed by atoms with van der Waals surface area (Å²) < 4.78 is 38.0. The van der Waals surface area contributed by atoms with E-state index in [9.17, 15) is 8.42 Å². The minimum Gasteiger partial charge on any atom is -0.454 e. The molecule has 0 aliphatic carbocycles. The number of aromatic nitrogens is 2. The molecule has 11 heteroatoms. The monoisotopic (exact) mass is 457 g/mol. The molecule has 0 fully saturated rings. The lowest BCUT2D eigenvalue weighted by molar-refractivity contribution is 0.174. The second-order valence-corrected chi connectivity index (χ2v) is 8.73. The molecule has 2 aromatic carbocycles. The van der Waals surface area contributed by atoms with Gasteiger partial charge in [0.25, 0.3) is 10.0 Å². The number of hydrogen-bond acceptors (Lipinski definition) is 7. The summed E-state index contributed by atoms with van der Waals surface area (Å²) >= 11 is 5.38. The molecule has 3 N–H and O–H groups in total. The van der Waals surface area contributed by atoms with Gasteiger partial charge >= 0.3 is 0 Å². The summed E-state index contributed by atoms with van der Waals surface area (Å²) in [5, 5.41) is 6.64. The molecule has 1 aromatic heterocycles. The number of anilines is 2. The number of ether oxygens (including phenoxy) is 2. The van der Waals surface area contributed by atoms with Crippen LogP contribution < -0.4 is 24.8 Å². The van der Waals surface area contributed by atoms with E-state index in [4.69, 9.17) is 21.7 Å². The molecule has 0 unspecified atom stereocenters. The van der Waals surface area contributed by atoms with E-state index in [0.29, 0.717) is 16.5 Å². The third kappa shape index (κ3) is 5.01. The minimum atomic E-state index is -3.79. The van der Waals surface area contributed by atoms with Gasteiger partial charge in [0.1, 0.15) is 0 Å². The van der Waals surface area contributed by atoms with Gasteiger partial charge in [0.15, 0.2) is 16.6 Å². The van der Waals surface area contributed by atoms with Crippen LogP contribution in [0.4, 0.5) is 11.6 Å². The van der Waals surface area contributed by atoms with Gasteiger partial charge in [0, 0.05) is 18.1 Å². The molecular formula is C20H19N5O4S2. The molecule has 1 aliphatic heterocycles. The molecule has 1 aliphatic rings. The number of sulfonamides is 1. The van der Waals surface area contributed by atoms with Crippen molar-refractivity contribution < 1.29 is 17.9 Å². The van der Waals surface area contributed by atoms with Crippen molar-refractivity contribution in [3.63, 3.8) is 0 Å². The van der Waals surface area contributed by atoms with E-state index < -0.39 is 10.0 Å². The fourth-order valence-corrected chi connectivity index (χ4v) is 4.13. The molecule has 0 saturated heterocycles. The zero-order valence-corrected chi connectivity index (χ0v) is 18.0. The van der Waals surface area contributed by atoms with Crippen molar-refractivity contribution in [1.82, 2.24) is 15.3 Å². The van der Waals surface area contributed by atoms with Crippen molar-refractivity contribution in [2.24, 2.45) is 0 Å². The van der Waals surface area contributed by atoms with Crippen LogP contribution in [0.2, 0.25) is 0 Å². The first-order chi connectivity index (χ1) is 14.9. The van der Waals surface area contributed by atoms with Gasteiger partial charge in [-0.1, -0.05) is 6.07 Å². The predicted octanol–water partition coefficient (Wildman–Crippen LogP) is 3.05. The molecule has 4 rings (SSSR count). The normalized spacial score (nSPS) is 13.3. The zero-order chi connectivity index (χ0) is 21.8. The van der Waals surface area contributed by atoms with E-state index in [1.807, 2.05) is 25.1 Å². The van der Waals surface area contributed by atoms with E-state index in [0.717, 1.165) is 11.3 Å². The number of thiocarbonyl (C=S) groups is 1. The third-order valence-electron chi connectivity index (χ3n) is 4.46. The quantitative estimate of drug-likeness (QED) is 0.481. The van der Waals surface area contributed by atoms with Gasteiger partial charge in [-0.3, -0.25) is 0 Å². The van der Waals surface area contributed by atoms with Crippen molar-refractivity contribution in [2.75, 3.05) is 16.8 Å². The zero-order valence-electron chi connectivity index (χ0n) is 16.4. The Morgan fingerprint density at radius 1 is 1.06 bits per heavy atom. The van der Waals surface area contributed by atoms with Gasteiger partial charge in [-0.2, -0.15) is 0 Å². The molecule has 0 radical (unpaired) electrons. The maximum Gasteiger partial charge on any atom is 0.264 e. The summed E-state index contributed by atoms with van der Waals surface area (Å²) in [7, 11) is -3.79. The van der Waals surface area contributed by atoms with Crippen molar-refractivity contribution in [3.8, 4) is 11.5 Å². The highest BCUT2D eigenvalue weighted by Crippen LogP contribution is 2.34. The number of hydrogen-bond donors (Lipinski definition) is 3. The first-order valence-corrected chi connectivity index (χ1v) is 11.2. The SMILES string of the molecule is C[C@@H](NC(=S)Nc1ccc(S(=O)(=O)Nc2ncccn2)cc1)c1ccc2c(c1)OCO2. The van der Waals surface area contributed by atoms with Crippen LogP contribution >= 0.6 is 12.2 Å². The number of nitrogens with zero attached hydrogens (tertiary/aromatic N) is 2. The lowest BCUT2D eigenvalue weighted by Crippen LogP contribution is -2.30. The lowest BCUT2D eigenvalue weighted by Gasteiger charge is -2.18. The average molecular weight is 458 g/mol. The highest BCUT2D eigenvalue weighted by molar-refractivity contribution is 7.92. The van der Waals surface area contributed by atoms with Crippen molar-refractivity contribution in [3.05, 3.63) is 66.5 Å². The van der Waals surface area contributed by atoms with Crippen LogP contribution in [0.1, 0.15) is 18.5 Å². The van der Waals surface area contributed by atoms with E-state index in [1.165, 1.54) is 24.5 Å². The Morgan fingerprint density at radius 2 is 1.77 bits per heavy atom. The Balaban J connectivity index is 1.36. The Morgan fingerprint density at radius 3 is 2.52 bits per heavy atom. The number of fused-ring (bicyclic) bond motifs is 1. The predicted molar refractivity (Wildman–Crippen MR) is 120 cm³/mol. The first-order valence-electron chi connectivity index (χ1n) is 9.28. The number of rotatable bonds is 6. The maximum atomic E-state index is 12.4. The number of nitrogens with one attached hydrogen (secondary N) is 3. The second kappa shape index (κ2) is 8.74. The summed E-state index contributed by atoms with van der Waals surface area (Å²) in [6.07, 6.45) is 2.91. The summed E-state index contributed by atoms with van der Waals surface area (Å²) in [6, 6.07) is 13.4. The van der Waals surface area contributed by atoms with Crippen LogP contribution in [0.5, 0.6) is 11.5 Å². The summed E-state index contributed by atoms with van der Waals surface area (Å²) in [5.74, 6) is 1.43. The van der Waals surface area contributed by atoms with Crippen molar-refractivity contribution in [1.29, 1.82) is 0 Å². The molecule has 0 spiro atoms. The Bertz CT molecular complexity index is 1190. The van der Waals surface area contributed by atoms with Crippen LogP contribution in [0, 0.1) is 0 Å². The number of benzene rings is 2. The lowest BCUT2D eigenvalue weighted by atomic mass is 10.1. The molecular weight excluding hydrogens is 438 g/mol. The fraction of sp³-hybridized carbons (Fsp3) is 0.150. The Labute approximate surface area is 184 Å². The molecule has 0 amide bonds. The van der Waals surface area contributed by atoms with E-state index in [2.05, 4.69) is 25.3 Å². The topological polar surface area (TPSA) is 114 Å². The smallest absolute Gasteiger partial charge is 0.264 e.